The second kappa shape index (κ2) is 5.76. The summed E-state index contributed by atoms with van der Waals surface area (Å²) in [6.45, 7) is 0. The number of aromatic hydroxyl groups is 2. The highest BCUT2D eigenvalue weighted by molar-refractivity contribution is 6.07. The molecule has 0 spiro atoms. The molecule has 0 saturated carbocycles. The molecule has 0 aliphatic heterocycles. The number of aromatic nitrogens is 3. The number of H-pyrrole nitrogens is 1. The van der Waals surface area contributed by atoms with Gasteiger partial charge in [-0.15, -0.1) is 0 Å². The maximum absolute atomic E-state index is 12.5. The fourth-order valence-electron chi connectivity index (χ4n) is 2.58. The van der Waals surface area contributed by atoms with Crippen LogP contribution < -0.4 is 0 Å². The summed E-state index contributed by atoms with van der Waals surface area (Å²) >= 11 is 0. The van der Waals surface area contributed by atoms with E-state index in [4.69, 9.17) is 0 Å². The maximum Gasteiger partial charge on any atom is 0.228 e. The molecule has 2 heterocycles. The first-order chi connectivity index (χ1) is 12.1. The number of hydrogen-bond acceptors (Lipinski definition) is 5. The number of carbonyl (C=O) groups excluding carboxylic acids is 1. The van der Waals surface area contributed by atoms with E-state index in [0.717, 1.165) is 10.9 Å². The average Bonchev–Trinajstić information content (AvgIpc) is 3.13. The Morgan fingerprint density at radius 2 is 1.80 bits per heavy atom. The largest absolute Gasteiger partial charge is 0.504 e. The summed E-state index contributed by atoms with van der Waals surface area (Å²) in [4.78, 5) is 24.1. The van der Waals surface area contributed by atoms with E-state index in [2.05, 4.69) is 15.0 Å². The van der Waals surface area contributed by atoms with Gasteiger partial charge in [0.2, 0.25) is 5.78 Å². The maximum atomic E-state index is 12.5. The summed E-state index contributed by atoms with van der Waals surface area (Å²) in [5, 5.41) is 19.9. The van der Waals surface area contributed by atoms with E-state index in [1.807, 2.05) is 36.4 Å². The van der Waals surface area contributed by atoms with Crippen molar-refractivity contribution in [1.82, 2.24) is 15.0 Å². The second-order valence-corrected chi connectivity index (χ2v) is 5.57. The number of phenolic OH excluding ortho intramolecular Hbond substituents is 2. The van der Waals surface area contributed by atoms with Crippen LogP contribution in [-0.2, 0) is 0 Å². The third-order valence-electron chi connectivity index (χ3n) is 3.90. The van der Waals surface area contributed by atoms with Crippen LogP contribution in [0.15, 0.2) is 60.8 Å². The number of imidazole rings is 1. The van der Waals surface area contributed by atoms with Gasteiger partial charge in [0.25, 0.3) is 0 Å². The molecule has 0 unspecified atom stereocenters. The number of carbonyl (C=O) groups is 1. The van der Waals surface area contributed by atoms with Crippen molar-refractivity contribution in [1.29, 1.82) is 0 Å². The quantitative estimate of drug-likeness (QED) is 0.395. The summed E-state index contributed by atoms with van der Waals surface area (Å²) in [5.41, 5.74) is 2.38. The van der Waals surface area contributed by atoms with Gasteiger partial charge in [0.15, 0.2) is 17.3 Å². The lowest BCUT2D eigenvalue weighted by Gasteiger charge is -2.02. The predicted octanol–water partition coefficient (Wildman–Crippen LogP) is 3.27. The van der Waals surface area contributed by atoms with Crippen LogP contribution >= 0.6 is 0 Å². The van der Waals surface area contributed by atoms with Gasteiger partial charge < -0.3 is 15.2 Å². The molecule has 2 aromatic carbocycles. The summed E-state index contributed by atoms with van der Waals surface area (Å²) in [6.07, 6.45) is 1.55. The number of ketones is 1. The zero-order valence-corrected chi connectivity index (χ0v) is 13.0. The van der Waals surface area contributed by atoms with Crippen LogP contribution in [0.1, 0.15) is 16.2 Å². The Kier molecular flexibility index (Phi) is 3.43. The molecule has 2 aromatic heterocycles. The highest BCUT2D eigenvalue weighted by atomic mass is 16.3. The van der Waals surface area contributed by atoms with Crippen LogP contribution in [0.3, 0.4) is 0 Å². The van der Waals surface area contributed by atoms with Crippen molar-refractivity contribution < 1.29 is 15.0 Å². The zero-order chi connectivity index (χ0) is 17.4. The van der Waals surface area contributed by atoms with E-state index < -0.39 is 0 Å². The molecule has 0 amide bonds. The predicted molar refractivity (Wildman–Crippen MR) is 92.5 cm³/mol. The van der Waals surface area contributed by atoms with Crippen molar-refractivity contribution in [3.05, 3.63) is 72.2 Å². The number of rotatable bonds is 3. The van der Waals surface area contributed by atoms with E-state index in [-0.39, 0.29) is 28.7 Å². The van der Waals surface area contributed by atoms with E-state index in [9.17, 15) is 15.0 Å². The van der Waals surface area contributed by atoms with Crippen molar-refractivity contribution >= 4 is 16.7 Å². The van der Waals surface area contributed by atoms with Crippen molar-refractivity contribution in [2.75, 3.05) is 0 Å². The highest BCUT2D eigenvalue weighted by Crippen LogP contribution is 2.26. The van der Waals surface area contributed by atoms with E-state index in [1.165, 1.54) is 18.2 Å². The molecule has 0 saturated heterocycles. The van der Waals surface area contributed by atoms with Crippen molar-refractivity contribution in [2.45, 2.75) is 0 Å². The average molecular weight is 331 g/mol. The molecule has 0 aliphatic rings. The van der Waals surface area contributed by atoms with Crippen molar-refractivity contribution in [2.24, 2.45) is 0 Å². The lowest BCUT2D eigenvalue weighted by molar-refractivity contribution is 0.103. The van der Waals surface area contributed by atoms with Crippen LogP contribution in [0.25, 0.3) is 22.3 Å². The van der Waals surface area contributed by atoms with Crippen LogP contribution in [0.2, 0.25) is 0 Å². The number of benzene rings is 2. The molecule has 0 aliphatic carbocycles. The molecule has 4 rings (SSSR count). The fourth-order valence-corrected chi connectivity index (χ4v) is 2.58. The van der Waals surface area contributed by atoms with Crippen LogP contribution in [0.5, 0.6) is 11.5 Å². The molecule has 4 aromatic rings. The zero-order valence-electron chi connectivity index (χ0n) is 13.0. The number of pyridine rings is 1. The Labute approximate surface area is 142 Å². The molecule has 0 radical (unpaired) electrons. The minimum absolute atomic E-state index is 0.134. The van der Waals surface area contributed by atoms with E-state index >= 15 is 0 Å². The van der Waals surface area contributed by atoms with Crippen LogP contribution in [0, 0.1) is 0 Å². The van der Waals surface area contributed by atoms with E-state index in [1.54, 1.807) is 6.20 Å². The number of nitrogens with zero attached hydrogens (tertiary/aromatic N) is 2. The molecule has 6 nitrogen and oxygen atoms in total. The Balaban J connectivity index is 1.68. The summed E-state index contributed by atoms with van der Waals surface area (Å²) in [6, 6.07) is 15.5. The number of fused-ring (bicyclic) bond motifs is 1. The first-order valence-electron chi connectivity index (χ1n) is 7.60. The van der Waals surface area contributed by atoms with Gasteiger partial charge in [0, 0.05) is 10.9 Å². The number of para-hydroxylation sites is 1. The SMILES string of the molecule is O=C(c1ccc(O)c(O)c1)c1ncc(-c2ccc3ccccc3n2)[nH]1. The number of aromatic amines is 1. The molecule has 122 valence electrons. The Morgan fingerprint density at radius 3 is 2.64 bits per heavy atom. The van der Waals surface area contributed by atoms with Gasteiger partial charge in [-0.3, -0.25) is 4.79 Å². The fraction of sp³-hybridized carbons (Fsp3) is 0. The summed E-state index contributed by atoms with van der Waals surface area (Å²) < 4.78 is 0. The lowest BCUT2D eigenvalue weighted by atomic mass is 10.1. The smallest absolute Gasteiger partial charge is 0.228 e. The van der Waals surface area contributed by atoms with Gasteiger partial charge in [-0.05, 0) is 30.3 Å². The molecule has 6 heteroatoms. The van der Waals surface area contributed by atoms with Crippen molar-refractivity contribution in [3.8, 4) is 22.9 Å². The summed E-state index contributed by atoms with van der Waals surface area (Å²) in [5.74, 6) is -0.886. The third-order valence-corrected chi connectivity index (χ3v) is 3.90. The molecular weight excluding hydrogens is 318 g/mol. The van der Waals surface area contributed by atoms with Gasteiger partial charge >= 0.3 is 0 Å². The van der Waals surface area contributed by atoms with Gasteiger partial charge in [-0.1, -0.05) is 24.3 Å². The second-order valence-electron chi connectivity index (χ2n) is 5.57. The van der Waals surface area contributed by atoms with Gasteiger partial charge in [0.1, 0.15) is 0 Å². The molecular formula is C19H13N3O3. The molecule has 25 heavy (non-hydrogen) atoms. The normalized spacial score (nSPS) is 10.9. The minimum Gasteiger partial charge on any atom is -0.504 e. The topological polar surface area (TPSA) is 99.1 Å². The van der Waals surface area contributed by atoms with Gasteiger partial charge in [-0.2, -0.15) is 0 Å². The summed E-state index contributed by atoms with van der Waals surface area (Å²) in [7, 11) is 0. The Morgan fingerprint density at radius 1 is 0.960 bits per heavy atom. The highest BCUT2D eigenvalue weighted by Gasteiger charge is 2.16. The number of hydrogen-bond donors (Lipinski definition) is 3. The molecule has 0 bridgehead atoms. The number of nitrogens with one attached hydrogen (secondary N) is 1. The first kappa shape index (κ1) is 14.9. The molecule has 0 fully saturated rings. The Bertz CT molecular complexity index is 1100. The Hall–Kier alpha value is -3.67. The van der Waals surface area contributed by atoms with Crippen LogP contribution in [-0.4, -0.2) is 30.9 Å². The van der Waals surface area contributed by atoms with Crippen molar-refractivity contribution in [3.63, 3.8) is 0 Å². The first-order valence-corrected chi connectivity index (χ1v) is 7.60. The molecule has 3 N–H and O–H groups in total. The monoisotopic (exact) mass is 331 g/mol. The lowest BCUT2D eigenvalue weighted by Crippen LogP contribution is -2.03. The van der Waals surface area contributed by atoms with Gasteiger partial charge in [0.05, 0.1) is 23.1 Å². The van der Waals surface area contributed by atoms with Gasteiger partial charge in [-0.25, -0.2) is 9.97 Å². The number of phenols is 2. The minimum atomic E-state index is -0.387. The van der Waals surface area contributed by atoms with E-state index in [0.29, 0.717) is 11.4 Å². The van der Waals surface area contributed by atoms with Crippen LogP contribution in [0.4, 0.5) is 0 Å². The molecule has 0 atom stereocenters. The third kappa shape index (κ3) is 2.70. The standard InChI is InChI=1S/C19H13N3O3/c23-16-8-6-12(9-17(16)24)18(25)19-20-10-15(22-19)14-7-5-11-3-1-2-4-13(11)21-14/h1-10,23-24H,(H,20,22).